The summed E-state index contributed by atoms with van der Waals surface area (Å²) in [5.41, 5.74) is 1.76. The fraction of sp³-hybridized carbons (Fsp3) is 0.312. The van der Waals surface area contributed by atoms with Crippen LogP contribution in [0.1, 0.15) is 19.4 Å². The number of likely N-dealkylation sites (N-methyl/N-ethyl adjacent to an activating group) is 1. The molecule has 1 aromatic carbocycles. The second kappa shape index (κ2) is 5.80. The van der Waals surface area contributed by atoms with Crippen LogP contribution in [0.25, 0.3) is 5.57 Å². The molecule has 5 heteroatoms. The molecule has 1 aliphatic rings. The lowest BCUT2D eigenvalue weighted by atomic mass is 10.0. The second-order valence-corrected chi connectivity index (χ2v) is 4.75. The summed E-state index contributed by atoms with van der Waals surface area (Å²) in [6.45, 7) is 5.92. The zero-order valence-electron chi connectivity index (χ0n) is 12.4. The number of carbonyl (C=O) groups is 2. The van der Waals surface area contributed by atoms with Gasteiger partial charge in [0.1, 0.15) is 11.6 Å². The first-order chi connectivity index (χ1) is 10.0. The van der Waals surface area contributed by atoms with Gasteiger partial charge in [-0.1, -0.05) is 12.1 Å². The van der Waals surface area contributed by atoms with Gasteiger partial charge in [0.05, 0.1) is 5.57 Å². The zero-order chi connectivity index (χ0) is 15.6. The minimum atomic E-state index is -0.537. The van der Waals surface area contributed by atoms with Gasteiger partial charge >= 0.3 is 0 Å². The highest BCUT2D eigenvalue weighted by molar-refractivity contribution is 6.37. The Hall–Kier alpha value is -2.61. The highest BCUT2D eigenvalue weighted by atomic mass is 16.2. The van der Waals surface area contributed by atoms with E-state index in [1.807, 2.05) is 18.2 Å². The number of hydrogen-bond donors (Lipinski definition) is 0. The van der Waals surface area contributed by atoms with E-state index in [9.17, 15) is 9.59 Å². The molecule has 108 valence electrons. The van der Waals surface area contributed by atoms with Crippen molar-refractivity contribution in [3.8, 4) is 6.07 Å². The van der Waals surface area contributed by atoms with Gasteiger partial charge in [-0.25, -0.2) is 0 Å². The fourth-order valence-electron chi connectivity index (χ4n) is 2.44. The summed E-state index contributed by atoms with van der Waals surface area (Å²) in [4.78, 5) is 27.1. The van der Waals surface area contributed by atoms with Crippen molar-refractivity contribution in [3.05, 3.63) is 35.4 Å². The molecule has 21 heavy (non-hydrogen) atoms. The molecule has 0 bridgehead atoms. The van der Waals surface area contributed by atoms with Gasteiger partial charge in [0.25, 0.3) is 11.8 Å². The first kappa shape index (κ1) is 14.8. The Labute approximate surface area is 124 Å². The van der Waals surface area contributed by atoms with E-state index in [4.69, 9.17) is 5.26 Å². The maximum absolute atomic E-state index is 12.1. The number of rotatable bonds is 4. The molecule has 0 saturated carbocycles. The first-order valence-corrected chi connectivity index (χ1v) is 6.87. The largest absolute Gasteiger partial charge is 0.372 e. The molecule has 1 aromatic rings. The number of benzene rings is 1. The number of amides is 2. The number of nitriles is 1. The summed E-state index contributed by atoms with van der Waals surface area (Å²) in [6, 6.07) is 9.21. The minimum absolute atomic E-state index is 0.0851. The van der Waals surface area contributed by atoms with Crippen LogP contribution in [0.15, 0.2) is 29.8 Å². The van der Waals surface area contributed by atoms with Crippen molar-refractivity contribution in [2.45, 2.75) is 13.8 Å². The smallest absolute Gasteiger partial charge is 0.271 e. The number of anilines is 1. The topological polar surface area (TPSA) is 64.4 Å². The number of nitrogens with zero attached hydrogens (tertiary/aromatic N) is 3. The van der Waals surface area contributed by atoms with Crippen LogP contribution in [-0.2, 0) is 9.59 Å². The van der Waals surface area contributed by atoms with Crippen molar-refractivity contribution in [2.75, 3.05) is 25.0 Å². The van der Waals surface area contributed by atoms with Crippen molar-refractivity contribution < 1.29 is 9.59 Å². The van der Waals surface area contributed by atoms with Crippen molar-refractivity contribution in [2.24, 2.45) is 0 Å². The van der Waals surface area contributed by atoms with Crippen LogP contribution < -0.4 is 4.90 Å². The van der Waals surface area contributed by atoms with E-state index in [0.29, 0.717) is 5.56 Å². The van der Waals surface area contributed by atoms with Crippen LogP contribution >= 0.6 is 0 Å². The van der Waals surface area contributed by atoms with Gasteiger partial charge in [0.15, 0.2) is 0 Å². The van der Waals surface area contributed by atoms with Crippen LogP contribution in [-0.4, -0.2) is 36.9 Å². The molecule has 0 aromatic heterocycles. The summed E-state index contributed by atoms with van der Waals surface area (Å²) in [5.74, 6) is -0.961. The standard InChI is InChI=1S/C16H17N3O2/c1-4-19(5-2)12-8-6-11(7-9-12)14-13(10-17)15(20)18(3)16(14)21/h6-9H,4-5H2,1-3H3. The number of imide groups is 1. The van der Waals surface area contributed by atoms with Gasteiger partial charge < -0.3 is 4.90 Å². The highest BCUT2D eigenvalue weighted by Gasteiger charge is 2.36. The van der Waals surface area contributed by atoms with Gasteiger partial charge in [-0.2, -0.15) is 5.26 Å². The van der Waals surface area contributed by atoms with E-state index >= 15 is 0 Å². The molecule has 2 amide bonds. The van der Waals surface area contributed by atoms with Gasteiger partial charge in [-0.05, 0) is 31.5 Å². The minimum Gasteiger partial charge on any atom is -0.372 e. The van der Waals surface area contributed by atoms with E-state index in [-0.39, 0.29) is 11.1 Å². The highest BCUT2D eigenvalue weighted by Crippen LogP contribution is 2.29. The van der Waals surface area contributed by atoms with E-state index < -0.39 is 11.8 Å². The molecule has 2 rings (SSSR count). The van der Waals surface area contributed by atoms with Gasteiger partial charge in [0, 0.05) is 25.8 Å². The summed E-state index contributed by atoms with van der Waals surface area (Å²) in [7, 11) is 1.39. The zero-order valence-corrected chi connectivity index (χ0v) is 12.4. The molecule has 1 aliphatic heterocycles. The molecule has 5 nitrogen and oxygen atoms in total. The summed E-state index contributed by atoms with van der Waals surface area (Å²) in [5, 5.41) is 9.11. The predicted octanol–water partition coefficient (Wildman–Crippen LogP) is 1.81. The molecule has 0 N–H and O–H groups in total. The maximum atomic E-state index is 12.1. The SMILES string of the molecule is CCN(CC)c1ccc(C2=C(C#N)C(=O)N(C)C2=O)cc1. The molecular weight excluding hydrogens is 266 g/mol. The van der Waals surface area contributed by atoms with Gasteiger partial charge in [-0.15, -0.1) is 0 Å². The maximum Gasteiger partial charge on any atom is 0.271 e. The Morgan fingerprint density at radius 2 is 1.67 bits per heavy atom. The van der Waals surface area contributed by atoms with Crippen LogP contribution in [0, 0.1) is 11.3 Å². The fourth-order valence-corrected chi connectivity index (χ4v) is 2.44. The Balaban J connectivity index is 2.43. The van der Waals surface area contributed by atoms with E-state index in [1.165, 1.54) is 7.05 Å². The Morgan fingerprint density at radius 1 is 1.10 bits per heavy atom. The van der Waals surface area contributed by atoms with E-state index in [1.54, 1.807) is 12.1 Å². The molecule has 0 aliphatic carbocycles. The van der Waals surface area contributed by atoms with Gasteiger partial charge in [-0.3, -0.25) is 14.5 Å². The Morgan fingerprint density at radius 3 is 2.14 bits per heavy atom. The van der Waals surface area contributed by atoms with Crippen LogP contribution in [0.4, 0.5) is 5.69 Å². The van der Waals surface area contributed by atoms with Gasteiger partial charge in [0.2, 0.25) is 0 Å². The molecule has 0 fully saturated rings. The lowest BCUT2D eigenvalue weighted by Crippen LogP contribution is -2.26. The van der Waals surface area contributed by atoms with Crippen molar-refractivity contribution in [1.82, 2.24) is 4.90 Å². The van der Waals surface area contributed by atoms with Crippen LogP contribution in [0.3, 0.4) is 0 Å². The average molecular weight is 283 g/mol. The number of carbonyl (C=O) groups excluding carboxylic acids is 2. The third kappa shape index (κ3) is 2.40. The molecule has 0 atom stereocenters. The quantitative estimate of drug-likeness (QED) is 0.790. The normalized spacial score (nSPS) is 14.7. The van der Waals surface area contributed by atoms with Crippen LogP contribution in [0.5, 0.6) is 0 Å². The summed E-state index contributed by atoms with van der Waals surface area (Å²) < 4.78 is 0. The Kier molecular flexibility index (Phi) is 4.08. The molecular formula is C16H17N3O2. The van der Waals surface area contributed by atoms with Crippen molar-refractivity contribution >= 4 is 23.1 Å². The molecule has 1 heterocycles. The van der Waals surface area contributed by atoms with Crippen LogP contribution in [0.2, 0.25) is 0 Å². The number of hydrogen-bond acceptors (Lipinski definition) is 4. The average Bonchev–Trinajstić information content (AvgIpc) is 2.73. The monoisotopic (exact) mass is 283 g/mol. The summed E-state index contributed by atoms with van der Waals surface area (Å²) >= 11 is 0. The molecule has 0 unspecified atom stereocenters. The van der Waals surface area contributed by atoms with Crippen molar-refractivity contribution in [1.29, 1.82) is 5.26 Å². The van der Waals surface area contributed by atoms with Crippen molar-refractivity contribution in [3.63, 3.8) is 0 Å². The third-order valence-corrected chi connectivity index (χ3v) is 3.68. The molecule has 0 radical (unpaired) electrons. The Bertz CT molecular complexity index is 649. The van der Waals surface area contributed by atoms with E-state index in [2.05, 4.69) is 18.7 Å². The predicted molar refractivity (Wildman–Crippen MR) is 80.3 cm³/mol. The molecule has 0 saturated heterocycles. The summed E-state index contributed by atoms with van der Waals surface area (Å²) in [6.07, 6.45) is 0. The molecule has 0 spiro atoms. The lowest BCUT2D eigenvalue weighted by Gasteiger charge is -2.21. The lowest BCUT2D eigenvalue weighted by molar-refractivity contribution is -0.135. The second-order valence-electron chi connectivity index (χ2n) is 4.75. The first-order valence-electron chi connectivity index (χ1n) is 6.87. The third-order valence-electron chi connectivity index (χ3n) is 3.68. The van der Waals surface area contributed by atoms with E-state index in [0.717, 1.165) is 23.7 Å².